The van der Waals surface area contributed by atoms with Crippen molar-refractivity contribution in [1.29, 1.82) is 0 Å². The minimum atomic E-state index is -0.551. The number of nitrogens with one attached hydrogen (secondary N) is 1. The molecule has 2 N–H and O–H groups in total. The van der Waals surface area contributed by atoms with Gasteiger partial charge in [-0.25, -0.2) is 0 Å². The summed E-state index contributed by atoms with van der Waals surface area (Å²) >= 11 is 13.3. The molecule has 0 radical (unpaired) electrons. The molecule has 144 valence electrons. The third-order valence-corrected chi connectivity index (χ3v) is 6.37. The lowest BCUT2D eigenvalue weighted by atomic mass is 10.2. The van der Waals surface area contributed by atoms with Gasteiger partial charge in [0.25, 0.3) is 0 Å². The van der Waals surface area contributed by atoms with E-state index in [1.54, 1.807) is 0 Å². The summed E-state index contributed by atoms with van der Waals surface area (Å²) in [6.45, 7) is 2.91. The maximum absolute atomic E-state index is 10.7. The summed E-state index contributed by atoms with van der Waals surface area (Å²) in [4.78, 5) is 0. The van der Waals surface area contributed by atoms with Gasteiger partial charge in [-0.1, -0.05) is 49.5 Å². The molecule has 1 heterocycles. The third-order valence-electron chi connectivity index (χ3n) is 4.98. The second kappa shape index (κ2) is 8.07. The molecule has 6 heteroatoms. The SMILES string of the molecule is Cc1c(Cl)cccc1NCC(O)Cn1c2ccc(Br)cc2c2cc(Br)ccc21. The summed E-state index contributed by atoms with van der Waals surface area (Å²) in [5.74, 6) is 0. The van der Waals surface area contributed by atoms with Crippen molar-refractivity contribution in [2.45, 2.75) is 19.6 Å². The highest BCUT2D eigenvalue weighted by atomic mass is 79.9. The van der Waals surface area contributed by atoms with E-state index < -0.39 is 6.10 Å². The zero-order valence-electron chi connectivity index (χ0n) is 15.2. The van der Waals surface area contributed by atoms with Crippen LogP contribution in [0.4, 0.5) is 5.69 Å². The fraction of sp³-hybridized carbons (Fsp3) is 0.182. The predicted octanol–water partition coefficient (Wildman–Crippen LogP) is 6.75. The van der Waals surface area contributed by atoms with Gasteiger partial charge in [-0.15, -0.1) is 0 Å². The molecule has 4 rings (SSSR count). The van der Waals surface area contributed by atoms with E-state index in [2.05, 4.69) is 66.0 Å². The van der Waals surface area contributed by atoms with Crippen LogP contribution in [0.2, 0.25) is 5.02 Å². The molecule has 0 aliphatic carbocycles. The molecule has 4 aromatic rings. The number of aliphatic hydroxyl groups is 1. The second-order valence-electron chi connectivity index (χ2n) is 6.88. The molecule has 1 aromatic heterocycles. The van der Waals surface area contributed by atoms with Gasteiger partial charge in [0.05, 0.1) is 12.6 Å². The van der Waals surface area contributed by atoms with Crippen molar-refractivity contribution in [3.63, 3.8) is 0 Å². The van der Waals surface area contributed by atoms with Crippen LogP contribution in [-0.2, 0) is 6.54 Å². The van der Waals surface area contributed by atoms with Gasteiger partial charge in [0, 0.05) is 48.0 Å². The van der Waals surface area contributed by atoms with Gasteiger partial charge in [0.2, 0.25) is 0 Å². The number of fused-ring (bicyclic) bond motifs is 3. The van der Waals surface area contributed by atoms with E-state index in [9.17, 15) is 5.11 Å². The van der Waals surface area contributed by atoms with E-state index in [0.29, 0.717) is 13.1 Å². The Bertz CT molecular complexity index is 1110. The van der Waals surface area contributed by atoms with Crippen molar-refractivity contribution >= 4 is 71.0 Å². The number of anilines is 1. The van der Waals surface area contributed by atoms with Gasteiger partial charge in [-0.05, 0) is 61.0 Å². The maximum atomic E-state index is 10.7. The Morgan fingerprint density at radius 1 is 1.00 bits per heavy atom. The molecule has 3 nitrogen and oxygen atoms in total. The minimum Gasteiger partial charge on any atom is -0.389 e. The van der Waals surface area contributed by atoms with Crippen LogP contribution in [0.1, 0.15) is 5.56 Å². The van der Waals surface area contributed by atoms with Crippen molar-refractivity contribution in [2.24, 2.45) is 0 Å². The smallest absolute Gasteiger partial charge is 0.0891 e. The van der Waals surface area contributed by atoms with Gasteiger partial charge in [0.15, 0.2) is 0 Å². The summed E-state index contributed by atoms with van der Waals surface area (Å²) in [7, 11) is 0. The largest absolute Gasteiger partial charge is 0.389 e. The van der Waals surface area contributed by atoms with Crippen LogP contribution in [-0.4, -0.2) is 22.3 Å². The van der Waals surface area contributed by atoms with Gasteiger partial charge in [-0.3, -0.25) is 0 Å². The van der Waals surface area contributed by atoms with Crippen molar-refractivity contribution in [3.05, 3.63) is 74.1 Å². The first-order valence-corrected chi connectivity index (χ1v) is 10.9. The lowest BCUT2D eigenvalue weighted by Gasteiger charge is -2.17. The fourth-order valence-electron chi connectivity index (χ4n) is 3.55. The third kappa shape index (κ3) is 3.81. The van der Waals surface area contributed by atoms with E-state index in [4.69, 9.17) is 11.6 Å². The highest BCUT2D eigenvalue weighted by molar-refractivity contribution is 9.10. The van der Waals surface area contributed by atoms with Crippen LogP contribution in [0, 0.1) is 6.92 Å². The predicted molar refractivity (Wildman–Crippen MR) is 126 cm³/mol. The molecule has 0 amide bonds. The van der Waals surface area contributed by atoms with Crippen LogP contribution in [0.25, 0.3) is 21.8 Å². The molecule has 0 fully saturated rings. The Labute approximate surface area is 185 Å². The lowest BCUT2D eigenvalue weighted by Crippen LogP contribution is -2.25. The molecule has 3 aromatic carbocycles. The van der Waals surface area contributed by atoms with Crippen molar-refractivity contribution in [3.8, 4) is 0 Å². The number of nitrogens with zero attached hydrogens (tertiary/aromatic N) is 1. The summed E-state index contributed by atoms with van der Waals surface area (Å²) in [6, 6.07) is 18.3. The molecule has 0 saturated heterocycles. The van der Waals surface area contributed by atoms with Gasteiger partial charge < -0.3 is 15.0 Å². The van der Waals surface area contributed by atoms with Crippen LogP contribution < -0.4 is 5.32 Å². The molecule has 28 heavy (non-hydrogen) atoms. The highest BCUT2D eigenvalue weighted by Gasteiger charge is 2.15. The number of aromatic nitrogens is 1. The molecular weight excluding hydrogens is 504 g/mol. The van der Waals surface area contributed by atoms with Gasteiger partial charge in [0.1, 0.15) is 0 Å². The summed E-state index contributed by atoms with van der Waals surface area (Å²) in [5.41, 5.74) is 4.15. The van der Waals surface area contributed by atoms with Crippen molar-refractivity contribution in [1.82, 2.24) is 4.57 Å². The van der Waals surface area contributed by atoms with Crippen molar-refractivity contribution < 1.29 is 5.11 Å². The number of aliphatic hydroxyl groups excluding tert-OH is 1. The van der Waals surface area contributed by atoms with E-state index >= 15 is 0 Å². The molecule has 0 bridgehead atoms. The first-order chi connectivity index (χ1) is 13.4. The normalized spacial score (nSPS) is 12.6. The Balaban J connectivity index is 1.64. The number of rotatable bonds is 5. The molecule has 0 saturated carbocycles. The first-order valence-electron chi connectivity index (χ1n) is 8.98. The van der Waals surface area contributed by atoms with E-state index in [1.165, 1.54) is 0 Å². The minimum absolute atomic E-state index is 0.440. The van der Waals surface area contributed by atoms with E-state index in [-0.39, 0.29) is 0 Å². The number of hydrogen-bond acceptors (Lipinski definition) is 2. The van der Waals surface area contributed by atoms with Crippen LogP contribution >= 0.6 is 43.5 Å². The monoisotopic (exact) mass is 520 g/mol. The quantitative estimate of drug-likeness (QED) is 0.304. The van der Waals surface area contributed by atoms with Crippen LogP contribution in [0.5, 0.6) is 0 Å². The molecule has 0 spiro atoms. The average molecular weight is 523 g/mol. The Hall–Kier alpha value is -1.53. The Morgan fingerprint density at radius 2 is 1.61 bits per heavy atom. The summed E-state index contributed by atoms with van der Waals surface area (Å²) < 4.78 is 4.26. The number of benzene rings is 3. The summed E-state index contributed by atoms with van der Waals surface area (Å²) in [5, 5.41) is 17.1. The molecule has 0 aliphatic heterocycles. The topological polar surface area (TPSA) is 37.2 Å². The fourth-order valence-corrected chi connectivity index (χ4v) is 4.44. The first kappa shape index (κ1) is 19.8. The zero-order valence-corrected chi connectivity index (χ0v) is 19.1. The van der Waals surface area contributed by atoms with Crippen LogP contribution in [0.3, 0.4) is 0 Å². The number of halogens is 3. The lowest BCUT2D eigenvalue weighted by molar-refractivity contribution is 0.169. The maximum Gasteiger partial charge on any atom is 0.0891 e. The zero-order chi connectivity index (χ0) is 19.8. The van der Waals surface area contributed by atoms with Gasteiger partial charge in [-0.2, -0.15) is 0 Å². The molecule has 1 atom stereocenters. The average Bonchev–Trinajstić information content (AvgIpc) is 2.95. The van der Waals surface area contributed by atoms with Gasteiger partial charge >= 0.3 is 0 Å². The molecule has 0 aliphatic rings. The molecule has 1 unspecified atom stereocenters. The second-order valence-corrected chi connectivity index (χ2v) is 9.12. The standard InChI is InChI=1S/C22H19Br2ClN2O/c1-13-19(25)3-2-4-20(13)26-11-16(28)12-27-21-7-5-14(23)9-17(21)18-10-15(24)6-8-22(18)27/h2-10,16,26,28H,11-12H2,1H3. The Morgan fingerprint density at radius 3 is 2.21 bits per heavy atom. The molecular formula is C22H19Br2ClN2O. The number of hydrogen-bond donors (Lipinski definition) is 2. The van der Waals surface area contributed by atoms with Crippen LogP contribution in [0.15, 0.2) is 63.5 Å². The highest BCUT2D eigenvalue weighted by Crippen LogP contribution is 2.33. The van der Waals surface area contributed by atoms with Crippen molar-refractivity contribution in [2.75, 3.05) is 11.9 Å². The van der Waals surface area contributed by atoms with E-state index in [1.807, 2.05) is 37.3 Å². The Kier molecular flexibility index (Phi) is 5.70. The summed E-state index contributed by atoms with van der Waals surface area (Å²) in [6.07, 6.45) is -0.551. The van der Waals surface area contributed by atoms with E-state index in [0.717, 1.165) is 47.0 Å².